The first-order valence-corrected chi connectivity index (χ1v) is 7.04. The van der Waals surface area contributed by atoms with E-state index in [0.29, 0.717) is 24.7 Å². The number of likely N-dealkylation sites (tertiary alicyclic amines) is 1. The zero-order valence-corrected chi connectivity index (χ0v) is 11.6. The monoisotopic (exact) mass is 284 g/mol. The van der Waals surface area contributed by atoms with Crippen LogP contribution < -0.4 is 5.73 Å². The highest BCUT2D eigenvalue weighted by Crippen LogP contribution is 2.28. The lowest BCUT2D eigenvalue weighted by Crippen LogP contribution is -2.29. The van der Waals surface area contributed by atoms with Crippen molar-refractivity contribution in [1.29, 1.82) is 0 Å². The van der Waals surface area contributed by atoms with Crippen molar-refractivity contribution >= 4 is 11.6 Å². The molecule has 2 aromatic carbocycles. The van der Waals surface area contributed by atoms with Crippen LogP contribution in [0.25, 0.3) is 0 Å². The number of hydrogen-bond donors (Lipinski definition) is 1. The normalized spacial score (nSPS) is 18.0. The first-order chi connectivity index (χ1) is 10.1. The summed E-state index contributed by atoms with van der Waals surface area (Å²) >= 11 is 0. The van der Waals surface area contributed by atoms with Crippen LogP contribution in [0.15, 0.2) is 48.5 Å². The van der Waals surface area contributed by atoms with Gasteiger partial charge < -0.3 is 10.6 Å². The van der Waals surface area contributed by atoms with Crippen LogP contribution in [0.1, 0.15) is 28.3 Å². The molecule has 2 N–H and O–H groups in total. The molecule has 0 aliphatic carbocycles. The van der Waals surface area contributed by atoms with Crippen molar-refractivity contribution in [2.24, 2.45) is 0 Å². The van der Waals surface area contributed by atoms with Gasteiger partial charge in [-0.05, 0) is 30.2 Å². The van der Waals surface area contributed by atoms with Crippen molar-refractivity contribution in [3.63, 3.8) is 0 Å². The number of carbonyl (C=O) groups excluding carboxylic acids is 1. The number of nitrogens with zero attached hydrogens (tertiary/aromatic N) is 1. The van der Waals surface area contributed by atoms with E-state index in [9.17, 15) is 9.18 Å². The third-order valence-corrected chi connectivity index (χ3v) is 3.97. The minimum Gasteiger partial charge on any atom is -0.399 e. The minimum absolute atomic E-state index is 0.0590. The van der Waals surface area contributed by atoms with E-state index in [1.807, 2.05) is 18.2 Å². The van der Waals surface area contributed by atoms with E-state index in [0.717, 1.165) is 6.42 Å². The molecule has 2 aromatic rings. The van der Waals surface area contributed by atoms with Crippen molar-refractivity contribution in [1.82, 2.24) is 4.90 Å². The Labute approximate surface area is 123 Å². The average Bonchev–Trinajstić information content (AvgIpc) is 3.00. The molecule has 4 heteroatoms. The summed E-state index contributed by atoms with van der Waals surface area (Å²) in [5, 5.41) is 0. The van der Waals surface area contributed by atoms with Gasteiger partial charge in [-0.25, -0.2) is 4.39 Å². The number of amides is 1. The van der Waals surface area contributed by atoms with Crippen LogP contribution in [0.4, 0.5) is 10.1 Å². The highest BCUT2D eigenvalue weighted by Gasteiger charge is 2.29. The van der Waals surface area contributed by atoms with E-state index in [2.05, 4.69) is 12.1 Å². The average molecular weight is 284 g/mol. The van der Waals surface area contributed by atoms with E-state index in [1.165, 1.54) is 23.8 Å². The van der Waals surface area contributed by atoms with Crippen LogP contribution in [-0.2, 0) is 0 Å². The van der Waals surface area contributed by atoms with Gasteiger partial charge >= 0.3 is 0 Å². The van der Waals surface area contributed by atoms with Gasteiger partial charge in [-0.15, -0.1) is 0 Å². The van der Waals surface area contributed by atoms with Gasteiger partial charge in [0.15, 0.2) is 0 Å². The van der Waals surface area contributed by atoms with Gasteiger partial charge in [0.2, 0.25) is 0 Å². The summed E-state index contributed by atoms with van der Waals surface area (Å²) in [5.41, 5.74) is 7.33. The van der Waals surface area contributed by atoms with Crippen LogP contribution in [0, 0.1) is 5.82 Å². The highest BCUT2D eigenvalue weighted by molar-refractivity contribution is 5.95. The van der Waals surface area contributed by atoms with Gasteiger partial charge in [0.25, 0.3) is 5.91 Å². The predicted molar refractivity (Wildman–Crippen MR) is 80.5 cm³/mol. The maximum absolute atomic E-state index is 13.8. The van der Waals surface area contributed by atoms with Crippen LogP contribution in [-0.4, -0.2) is 23.9 Å². The smallest absolute Gasteiger partial charge is 0.256 e. The number of nitrogen functional groups attached to an aromatic ring is 1. The molecule has 0 spiro atoms. The molecule has 21 heavy (non-hydrogen) atoms. The van der Waals surface area contributed by atoms with Gasteiger partial charge in [-0.1, -0.05) is 30.3 Å². The number of anilines is 1. The quantitative estimate of drug-likeness (QED) is 0.862. The van der Waals surface area contributed by atoms with Crippen molar-refractivity contribution in [2.45, 2.75) is 12.3 Å². The fourth-order valence-corrected chi connectivity index (χ4v) is 2.82. The third kappa shape index (κ3) is 2.75. The first-order valence-electron chi connectivity index (χ1n) is 7.04. The van der Waals surface area contributed by atoms with Crippen LogP contribution in [0.5, 0.6) is 0 Å². The van der Waals surface area contributed by atoms with E-state index in [1.54, 1.807) is 4.90 Å². The summed E-state index contributed by atoms with van der Waals surface area (Å²) in [6.07, 6.45) is 0.902. The molecule has 1 saturated heterocycles. The molecule has 1 fully saturated rings. The predicted octanol–water partition coefficient (Wildman–Crippen LogP) is 3.04. The zero-order chi connectivity index (χ0) is 14.8. The summed E-state index contributed by atoms with van der Waals surface area (Å²) in [5.74, 6) is -0.477. The molecule has 108 valence electrons. The Kier molecular flexibility index (Phi) is 3.60. The Balaban J connectivity index is 1.77. The molecule has 0 saturated carbocycles. The second kappa shape index (κ2) is 5.56. The van der Waals surface area contributed by atoms with E-state index in [-0.39, 0.29) is 11.5 Å². The van der Waals surface area contributed by atoms with Crippen molar-refractivity contribution < 1.29 is 9.18 Å². The molecule has 1 heterocycles. The Hall–Kier alpha value is -2.36. The molecule has 0 bridgehead atoms. The molecule has 0 radical (unpaired) electrons. The number of benzene rings is 2. The maximum Gasteiger partial charge on any atom is 0.256 e. The Bertz CT molecular complexity index is 657. The van der Waals surface area contributed by atoms with Crippen molar-refractivity contribution in [3.8, 4) is 0 Å². The molecular formula is C17H17FN2O. The lowest BCUT2D eigenvalue weighted by Gasteiger charge is -2.17. The number of hydrogen-bond acceptors (Lipinski definition) is 2. The van der Waals surface area contributed by atoms with Crippen molar-refractivity contribution in [2.75, 3.05) is 18.8 Å². The third-order valence-electron chi connectivity index (χ3n) is 3.97. The van der Waals surface area contributed by atoms with E-state index >= 15 is 0 Å². The zero-order valence-electron chi connectivity index (χ0n) is 11.6. The number of rotatable bonds is 2. The van der Waals surface area contributed by atoms with E-state index < -0.39 is 5.82 Å². The summed E-state index contributed by atoms with van der Waals surface area (Å²) in [7, 11) is 0. The molecule has 1 aliphatic rings. The fourth-order valence-electron chi connectivity index (χ4n) is 2.82. The fraction of sp³-hybridized carbons (Fsp3) is 0.235. The molecule has 1 atom stereocenters. The number of halogens is 1. The standard InChI is InChI=1S/C17H17FN2O/c18-16-7-6-14(19)10-15(16)17(21)20-9-8-13(11-20)12-4-2-1-3-5-12/h1-7,10,13H,8-9,11,19H2. The van der Waals surface area contributed by atoms with E-state index in [4.69, 9.17) is 5.73 Å². The molecular weight excluding hydrogens is 267 g/mol. The van der Waals surface area contributed by atoms with Gasteiger partial charge in [0, 0.05) is 24.7 Å². The van der Waals surface area contributed by atoms with Crippen LogP contribution >= 0.6 is 0 Å². The van der Waals surface area contributed by atoms with Gasteiger partial charge in [0.1, 0.15) is 5.82 Å². The first kappa shape index (κ1) is 13.6. The van der Waals surface area contributed by atoms with Crippen LogP contribution in [0.2, 0.25) is 0 Å². The summed E-state index contributed by atoms with van der Waals surface area (Å²) in [4.78, 5) is 14.1. The molecule has 1 amide bonds. The molecule has 1 aliphatic heterocycles. The summed E-state index contributed by atoms with van der Waals surface area (Å²) in [6.45, 7) is 1.27. The van der Waals surface area contributed by atoms with Crippen LogP contribution in [0.3, 0.4) is 0 Å². The largest absolute Gasteiger partial charge is 0.399 e. The Morgan fingerprint density at radius 3 is 2.71 bits per heavy atom. The van der Waals surface area contributed by atoms with Gasteiger partial charge in [-0.3, -0.25) is 4.79 Å². The lowest BCUT2D eigenvalue weighted by atomic mass is 9.99. The lowest BCUT2D eigenvalue weighted by molar-refractivity contribution is 0.0786. The van der Waals surface area contributed by atoms with Gasteiger partial charge in [0.05, 0.1) is 5.56 Å². The highest BCUT2D eigenvalue weighted by atomic mass is 19.1. The number of carbonyl (C=O) groups is 1. The second-order valence-electron chi connectivity index (χ2n) is 5.39. The Morgan fingerprint density at radius 2 is 1.95 bits per heavy atom. The summed E-state index contributed by atoms with van der Waals surface area (Å²) in [6, 6.07) is 14.2. The second-order valence-corrected chi connectivity index (χ2v) is 5.39. The molecule has 3 rings (SSSR count). The SMILES string of the molecule is Nc1ccc(F)c(C(=O)N2CCC(c3ccccc3)C2)c1. The molecule has 0 aromatic heterocycles. The topological polar surface area (TPSA) is 46.3 Å². The molecule has 1 unspecified atom stereocenters. The Morgan fingerprint density at radius 1 is 1.19 bits per heavy atom. The minimum atomic E-state index is -0.516. The molecule has 3 nitrogen and oxygen atoms in total. The maximum atomic E-state index is 13.8. The van der Waals surface area contributed by atoms with Crippen molar-refractivity contribution in [3.05, 3.63) is 65.5 Å². The summed E-state index contributed by atoms with van der Waals surface area (Å²) < 4.78 is 13.8. The number of nitrogens with two attached hydrogens (primary N) is 1. The van der Waals surface area contributed by atoms with Gasteiger partial charge in [-0.2, -0.15) is 0 Å².